The van der Waals surface area contributed by atoms with Gasteiger partial charge in [-0.15, -0.1) is 0 Å². The standard InChI is InChI=1S/C19H37NO3/c1-5-9-10-11-13-17(21)16-20(14-7-3,15-8-4)18(12-6-2)19(22)23/h10-11,17-18,21H,5-9,12-16H2,1-4H3/p+1/b11-10+. The quantitative estimate of drug-likeness (QED) is 0.374. The van der Waals surface area contributed by atoms with Crippen LogP contribution in [0.5, 0.6) is 0 Å². The van der Waals surface area contributed by atoms with Crippen molar-refractivity contribution in [1.29, 1.82) is 0 Å². The summed E-state index contributed by atoms with van der Waals surface area (Å²) in [5.41, 5.74) is 0. The molecular formula is C19H38NO3+. The van der Waals surface area contributed by atoms with Crippen molar-refractivity contribution in [1.82, 2.24) is 0 Å². The first-order valence-corrected chi connectivity index (χ1v) is 9.38. The molecule has 0 aromatic rings. The molecule has 136 valence electrons. The Bertz CT molecular complexity index is 336. The van der Waals surface area contributed by atoms with E-state index in [0.29, 0.717) is 23.9 Å². The van der Waals surface area contributed by atoms with Crippen molar-refractivity contribution in [2.75, 3.05) is 19.6 Å². The van der Waals surface area contributed by atoms with Crippen LogP contribution in [0.2, 0.25) is 0 Å². The minimum atomic E-state index is -0.720. The van der Waals surface area contributed by atoms with Crippen LogP contribution < -0.4 is 0 Å². The van der Waals surface area contributed by atoms with Gasteiger partial charge in [-0.3, -0.25) is 0 Å². The molecule has 0 spiro atoms. The lowest BCUT2D eigenvalue weighted by Gasteiger charge is -2.44. The van der Waals surface area contributed by atoms with Crippen molar-refractivity contribution < 1.29 is 19.5 Å². The van der Waals surface area contributed by atoms with E-state index in [1.54, 1.807) is 0 Å². The number of hydrogen-bond acceptors (Lipinski definition) is 2. The molecule has 0 aliphatic carbocycles. The fourth-order valence-electron chi connectivity index (χ4n) is 3.56. The van der Waals surface area contributed by atoms with E-state index in [0.717, 1.165) is 45.2 Å². The third-order valence-corrected chi connectivity index (χ3v) is 4.45. The van der Waals surface area contributed by atoms with Crippen molar-refractivity contribution in [3.8, 4) is 0 Å². The normalized spacial score (nSPS) is 15.0. The molecule has 0 aliphatic heterocycles. The Kier molecular flexibility index (Phi) is 12.1. The molecule has 2 unspecified atom stereocenters. The molecule has 0 saturated carbocycles. The summed E-state index contributed by atoms with van der Waals surface area (Å²) < 4.78 is 0.513. The molecule has 0 radical (unpaired) electrons. The second-order valence-corrected chi connectivity index (χ2v) is 6.64. The molecule has 0 amide bonds. The molecule has 2 N–H and O–H groups in total. The summed E-state index contributed by atoms with van der Waals surface area (Å²) in [6, 6.07) is -0.408. The van der Waals surface area contributed by atoms with Gasteiger partial charge in [0.15, 0.2) is 6.04 Å². The third kappa shape index (κ3) is 7.98. The van der Waals surface area contributed by atoms with Crippen LogP contribution in [0.15, 0.2) is 12.2 Å². The maximum atomic E-state index is 11.9. The number of aliphatic hydroxyl groups excluding tert-OH is 1. The number of hydrogen-bond donors (Lipinski definition) is 2. The summed E-state index contributed by atoms with van der Waals surface area (Å²) in [7, 11) is 0. The van der Waals surface area contributed by atoms with E-state index in [-0.39, 0.29) is 0 Å². The molecular weight excluding hydrogens is 290 g/mol. The summed E-state index contributed by atoms with van der Waals surface area (Å²) in [6.07, 6.45) is 9.84. The van der Waals surface area contributed by atoms with E-state index in [1.165, 1.54) is 0 Å². The topological polar surface area (TPSA) is 57.5 Å². The van der Waals surface area contributed by atoms with Crippen LogP contribution in [0, 0.1) is 0 Å². The van der Waals surface area contributed by atoms with Crippen molar-refractivity contribution in [3.63, 3.8) is 0 Å². The van der Waals surface area contributed by atoms with Crippen LogP contribution >= 0.6 is 0 Å². The van der Waals surface area contributed by atoms with Crippen molar-refractivity contribution in [3.05, 3.63) is 12.2 Å². The highest BCUT2D eigenvalue weighted by Crippen LogP contribution is 2.23. The zero-order valence-corrected chi connectivity index (χ0v) is 15.6. The molecule has 0 fully saturated rings. The number of rotatable bonds is 14. The molecule has 4 nitrogen and oxygen atoms in total. The van der Waals surface area contributed by atoms with Gasteiger partial charge in [-0.1, -0.05) is 46.3 Å². The smallest absolute Gasteiger partial charge is 0.362 e. The Hall–Kier alpha value is -0.870. The second kappa shape index (κ2) is 12.5. The highest BCUT2D eigenvalue weighted by Gasteiger charge is 2.41. The minimum absolute atomic E-state index is 0.408. The van der Waals surface area contributed by atoms with Gasteiger partial charge in [-0.2, -0.15) is 0 Å². The maximum absolute atomic E-state index is 11.9. The molecule has 0 heterocycles. The number of carbonyl (C=O) groups is 1. The number of carboxylic acid groups (broad SMARTS) is 1. The number of unbranched alkanes of at least 4 members (excludes halogenated alkanes) is 1. The fourth-order valence-corrected chi connectivity index (χ4v) is 3.56. The van der Waals surface area contributed by atoms with Gasteiger partial charge >= 0.3 is 5.97 Å². The highest BCUT2D eigenvalue weighted by atomic mass is 16.4. The summed E-state index contributed by atoms with van der Waals surface area (Å²) in [5.74, 6) is -0.720. The monoisotopic (exact) mass is 328 g/mol. The van der Waals surface area contributed by atoms with Crippen LogP contribution in [0.4, 0.5) is 0 Å². The van der Waals surface area contributed by atoms with Gasteiger partial charge in [-0.05, 0) is 32.1 Å². The first-order chi connectivity index (χ1) is 11.0. The molecule has 0 aromatic heterocycles. The van der Waals surface area contributed by atoms with Crippen LogP contribution in [0.1, 0.15) is 72.6 Å². The van der Waals surface area contributed by atoms with Crippen molar-refractivity contribution in [2.45, 2.75) is 84.8 Å². The van der Waals surface area contributed by atoms with Crippen LogP contribution in [0.3, 0.4) is 0 Å². The largest absolute Gasteiger partial charge is 0.477 e. The lowest BCUT2D eigenvalue weighted by atomic mass is 10.0. The molecule has 2 atom stereocenters. The average Bonchev–Trinajstić information content (AvgIpc) is 2.49. The van der Waals surface area contributed by atoms with E-state index < -0.39 is 18.1 Å². The van der Waals surface area contributed by atoms with E-state index in [1.807, 2.05) is 13.0 Å². The molecule has 0 aliphatic rings. The summed E-state index contributed by atoms with van der Waals surface area (Å²) in [4.78, 5) is 11.9. The molecule has 0 aromatic carbocycles. The van der Waals surface area contributed by atoms with Gasteiger partial charge in [0.25, 0.3) is 0 Å². The predicted octanol–water partition coefficient (Wildman–Crippen LogP) is 3.98. The molecule has 4 heteroatoms. The number of aliphatic hydroxyl groups is 1. The predicted molar refractivity (Wildman–Crippen MR) is 96.4 cm³/mol. The Labute approximate surface area is 142 Å². The van der Waals surface area contributed by atoms with Crippen molar-refractivity contribution >= 4 is 5.97 Å². The van der Waals surface area contributed by atoms with Gasteiger partial charge in [0.1, 0.15) is 12.6 Å². The number of aliphatic carboxylic acids is 1. The van der Waals surface area contributed by atoms with Crippen LogP contribution in [0.25, 0.3) is 0 Å². The summed E-state index contributed by atoms with van der Waals surface area (Å²) in [6.45, 7) is 10.5. The third-order valence-electron chi connectivity index (χ3n) is 4.45. The van der Waals surface area contributed by atoms with E-state index in [2.05, 4.69) is 26.8 Å². The first kappa shape index (κ1) is 22.1. The Morgan fingerprint density at radius 3 is 2.04 bits per heavy atom. The van der Waals surface area contributed by atoms with Gasteiger partial charge in [0, 0.05) is 6.42 Å². The van der Waals surface area contributed by atoms with Gasteiger partial charge in [0.2, 0.25) is 0 Å². The SMILES string of the molecule is CCC/C=C/CC(O)C[N+](CCC)(CCC)C(CCC)C(=O)O. The highest BCUT2D eigenvalue weighted by molar-refractivity contribution is 5.72. The first-order valence-electron chi connectivity index (χ1n) is 9.38. The maximum Gasteiger partial charge on any atom is 0.362 e. The number of quaternary nitrogens is 1. The fraction of sp³-hybridized carbons (Fsp3) is 0.842. The lowest BCUT2D eigenvalue weighted by Crippen LogP contribution is -2.62. The molecule has 0 bridgehead atoms. The van der Waals surface area contributed by atoms with E-state index in [4.69, 9.17) is 0 Å². The van der Waals surface area contributed by atoms with Gasteiger partial charge < -0.3 is 14.7 Å². The Morgan fingerprint density at radius 2 is 1.61 bits per heavy atom. The lowest BCUT2D eigenvalue weighted by molar-refractivity contribution is -0.946. The second-order valence-electron chi connectivity index (χ2n) is 6.64. The van der Waals surface area contributed by atoms with E-state index in [9.17, 15) is 15.0 Å². The number of nitrogens with zero attached hydrogens (tertiary/aromatic N) is 1. The summed E-state index contributed by atoms with van der Waals surface area (Å²) in [5, 5.41) is 20.2. The molecule has 0 saturated heterocycles. The van der Waals surface area contributed by atoms with Gasteiger partial charge in [-0.25, -0.2) is 4.79 Å². The van der Waals surface area contributed by atoms with E-state index >= 15 is 0 Å². The van der Waals surface area contributed by atoms with Crippen LogP contribution in [-0.4, -0.2) is 52.4 Å². The Balaban J connectivity index is 5.18. The van der Waals surface area contributed by atoms with Crippen molar-refractivity contribution in [2.24, 2.45) is 0 Å². The minimum Gasteiger partial charge on any atom is -0.477 e. The molecule has 0 rings (SSSR count). The van der Waals surface area contributed by atoms with Crippen LogP contribution in [-0.2, 0) is 4.79 Å². The molecule has 23 heavy (non-hydrogen) atoms. The zero-order valence-electron chi connectivity index (χ0n) is 15.6. The van der Waals surface area contributed by atoms with Gasteiger partial charge in [0.05, 0.1) is 13.1 Å². The number of allylic oxidation sites excluding steroid dienone is 1. The zero-order chi connectivity index (χ0) is 17.7. The average molecular weight is 329 g/mol. The number of carboxylic acids is 1. The summed E-state index contributed by atoms with van der Waals surface area (Å²) >= 11 is 0. The Morgan fingerprint density at radius 1 is 1.00 bits per heavy atom.